The first kappa shape index (κ1) is 14.9. The van der Waals surface area contributed by atoms with Crippen LogP contribution in [0.2, 0.25) is 0 Å². The summed E-state index contributed by atoms with van der Waals surface area (Å²) >= 11 is 0. The van der Waals surface area contributed by atoms with E-state index in [0.29, 0.717) is 0 Å². The van der Waals surface area contributed by atoms with Crippen molar-refractivity contribution >= 4 is 11.8 Å². The quantitative estimate of drug-likeness (QED) is 0.826. The molecule has 7 nitrogen and oxygen atoms in total. The number of hydrogen-bond acceptors (Lipinski definition) is 5. The number of aromatic nitrogens is 1. The first-order valence-corrected chi connectivity index (χ1v) is 7.82. The van der Waals surface area contributed by atoms with E-state index in [2.05, 4.69) is 15.2 Å². The van der Waals surface area contributed by atoms with Gasteiger partial charge in [0.2, 0.25) is 5.56 Å². The van der Waals surface area contributed by atoms with E-state index < -0.39 is 0 Å². The van der Waals surface area contributed by atoms with E-state index in [1.807, 2.05) is 6.07 Å². The van der Waals surface area contributed by atoms with Gasteiger partial charge in [0.05, 0.1) is 5.69 Å². The van der Waals surface area contributed by atoms with Crippen molar-refractivity contribution < 1.29 is 9.53 Å². The van der Waals surface area contributed by atoms with Crippen molar-refractivity contribution in [3.05, 3.63) is 28.7 Å². The summed E-state index contributed by atoms with van der Waals surface area (Å²) < 4.78 is 5.61. The molecule has 3 rings (SSSR count). The van der Waals surface area contributed by atoms with Gasteiger partial charge in [-0.1, -0.05) is 0 Å². The summed E-state index contributed by atoms with van der Waals surface area (Å²) in [5.74, 6) is 0. The average Bonchev–Trinajstić information content (AvgIpc) is 2.57. The van der Waals surface area contributed by atoms with Gasteiger partial charge in [-0.25, -0.2) is 4.79 Å². The Balaban J connectivity index is 1.48. The van der Waals surface area contributed by atoms with Gasteiger partial charge in [-0.05, 0) is 6.07 Å². The highest BCUT2D eigenvalue weighted by Gasteiger charge is 2.25. The van der Waals surface area contributed by atoms with Crippen LogP contribution in [0.4, 0.5) is 10.5 Å². The van der Waals surface area contributed by atoms with Gasteiger partial charge in [0.15, 0.2) is 0 Å². The fourth-order valence-corrected chi connectivity index (χ4v) is 2.90. The number of nitrogens with zero attached hydrogens (tertiary/aromatic N) is 2. The van der Waals surface area contributed by atoms with Gasteiger partial charge < -0.3 is 24.8 Å². The number of piperazine rings is 1. The van der Waals surface area contributed by atoms with Crippen LogP contribution in [0, 0.1) is 0 Å². The second kappa shape index (κ2) is 6.83. The van der Waals surface area contributed by atoms with Crippen LogP contribution in [0.3, 0.4) is 0 Å². The van der Waals surface area contributed by atoms with E-state index >= 15 is 0 Å². The fraction of sp³-hybridized carbons (Fsp3) is 0.600. The molecule has 0 aromatic carbocycles. The number of carbonyl (C=O) groups excluding carboxylic acids is 1. The number of ether oxygens (including phenoxy) is 1. The Labute approximate surface area is 129 Å². The molecule has 2 aliphatic heterocycles. The molecule has 0 spiro atoms. The molecule has 120 valence electrons. The van der Waals surface area contributed by atoms with Crippen molar-refractivity contribution in [3.8, 4) is 0 Å². The van der Waals surface area contributed by atoms with Crippen LogP contribution in [0.25, 0.3) is 0 Å². The third kappa shape index (κ3) is 3.59. The third-order valence-corrected chi connectivity index (χ3v) is 4.22. The van der Waals surface area contributed by atoms with Crippen LogP contribution in [-0.4, -0.2) is 61.3 Å². The van der Waals surface area contributed by atoms with E-state index in [-0.39, 0.29) is 17.8 Å². The van der Waals surface area contributed by atoms with Crippen molar-refractivity contribution in [2.75, 3.05) is 44.2 Å². The van der Waals surface area contributed by atoms with E-state index in [1.165, 1.54) is 6.07 Å². The molecule has 7 heteroatoms. The Morgan fingerprint density at radius 3 is 2.50 bits per heavy atom. The smallest absolute Gasteiger partial charge is 0.410 e. The summed E-state index contributed by atoms with van der Waals surface area (Å²) in [5.41, 5.74) is 0.912. The van der Waals surface area contributed by atoms with Gasteiger partial charge >= 0.3 is 6.09 Å². The highest BCUT2D eigenvalue weighted by atomic mass is 16.6. The van der Waals surface area contributed by atoms with Crippen molar-refractivity contribution in [1.29, 1.82) is 0 Å². The number of nitrogens with one attached hydrogen (secondary N) is 2. The molecule has 1 aromatic heterocycles. The molecule has 0 saturated carbocycles. The van der Waals surface area contributed by atoms with E-state index in [0.717, 1.165) is 57.8 Å². The van der Waals surface area contributed by atoms with Crippen molar-refractivity contribution in [2.24, 2.45) is 0 Å². The maximum absolute atomic E-state index is 12.1. The second-order valence-corrected chi connectivity index (χ2v) is 5.72. The minimum absolute atomic E-state index is 0.0126. The molecule has 2 N–H and O–H groups in total. The van der Waals surface area contributed by atoms with Crippen LogP contribution in [0.1, 0.15) is 12.8 Å². The summed E-state index contributed by atoms with van der Waals surface area (Å²) in [7, 11) is 0. The zero-order valence-electron chi connectivity index (χ0n) is 12.6. The minimum atomic E-state index is -0.191. The lowest BCUT2D eigenvalue weighted by Gasteiger charge is -2.34. The van der Waals surface area contributed by atoms with Crippen molar-refractivity contribution in [3.63, 3.8) is 0 Å². The first-order chi connectivity index (χ1) is 10.7. The summed E-state index contributed by atoms with van der Waals surface area (Å²) in [6, 6.07) is 3.36. The molecular weight excluding hydrogens is 284 g/mol. The zero-order chi connectivity index (χ0) is 15.4. The minimum Gasteiger partial charge on any atom is -0.446 e. The Morgan fingerprint density at radius 2 is 1.86 bits per heavy atom. The summed E-state index contributed by atoms with van der Waals surface area (Å²) in [5, 5.41) is 3.22. The number of amides is 1. The van der Waals surface area contributed by atoms with Gasteiger partial charge in [-0.15, -0.1) is 0 Å². The predicted octanol–water partition coefficient (Wildman–Crippen LogP) is 0.386. The average molecular weight is 306 g/mol. The second-order valence-electron chi connectivity index (χ2n) is 5.72. The number of carbonyl (C=O) groups is 1. The van der Waals surface area contributed by atoms with Crippen LogP contribution in [0.15, 0.2) is 23.1 Å². The summed E-state index contributed by atoms with van der Waals surface area (Å²) in [6.07, 6.45) is 3.16. The van der Waals surface area contributed by atoms with Crippen LogP contribution in [-0.2, 0) is 4.74 Å². The van der Waals surface area contributed by atoms with Crippen LogP contribution < -0.4 is 15.8 Å². The Bertz CT molecular complexity index is 540. The van der Waals surface area contributed by atoms with E-state index in [1.54, 1.807) is 11.1 Å². The summed E-state index contributed by atoms with van der Waals surface area (Å²) in [6.45, 7) is 4.75. The predicted molar refractivity (Wildman–Crippen MR) is 83.2 cm³/mol. The monoisotopic (exact) mass is 306 g/mol. The van der Waals surface area contributed by atoms with Crippen molar-refractivity contribution in [1.82, 2.24) is 15.2 Å². The molecule has 0 radical (unpaired) electrons. The SMILES string of the molecule is O=C(OC1CCN(c2ccc(=O)[nH]c2)CC1)N1CCNCC1. The molecule has 1 aromatic rings. The number of H-pyrrole nitrogens is 1. The maximum Gasteiger partial charge on any atom is 0.410 e. The van der Waals surface area contributed by atoms with Gasteiger partial charge in [0, 0.05) is 64.4 Å². The van der Waals surface area contributed by atoms with Gasteiger partial charge in [0.1, 0.15) is 6.10 Å². The van der Waals surface area contributed by atoms with Gasteiger partial charge in [-0.3, -0.25) is 4.79 Å². The summed E-state index contributed by atoms with van der Waals surface area (Å²) in [4.78, 5) is 29.8. The number of anilines is 1. The number of aromatic amines is 1. The zero-order valence-corrected chi connectivity index (χ0v) is 12.6. The number of hydrogen-bond donors (Lipinski definition) is 2. The standard InChI is InChI=1S/C15H22N4O3/c20-14-2-1-12(11-17-14)18-7-3-13(4-8-18)22-15(21)19-9-5-16-6-10-19/h1-2,11,13,16H,3-10H2,(H,17,20). The highest BCUT2D eigenvalue weighted by Crippen LogP contribution is 2.20. The topological polar surface area (TPSA) is 77.7 Å². The lowest BCUT2D eigenvalue weighted by Crippen LogP contribution is -2.48. The third-order valence-electron chi connectivity index (χ3n) is 4.22. The fourth-order valence-electron chi connectivity index (χ4n) is 2.90. The van der Waals surface area contributed by atoms with E-state index in [9.17, 15) is 9.59 Å². The number of rotatable bonds is 2. The highest BCUT2D eigenvalue weighted by molar-refractivity contribution is 5.68. The lowest BCUT2D eigenvalue weighted by molar-refractivity contribution is 0.0491. The molecule has 0 unspecified atom stereocenters. The molecule has 2 fully saturated rings. The molecule has 2 aliphatic rings. The van der Waals surface area contributed by atoms with Crippen LogP contribution >= 0.6 is 0 Å². The Kier molecular flexibility index (Phi) is 4.62. The lowest BCUT2D eigenvalue weighted by atomic mass is 10.1. The molecule has 0 bridgehead atoms. The Morgan fingerprint density at radius 1 is 1.14 bits per heavy atom. The molecule has 0 atom stereocenters. The molecular formula is C15H22N4O3. The van der Waals surface area contributed by atoms with Crippen LogP contribution in [0.5, 0.6) is 0 Å². The van der Waals surface area contributed by atoms with Gasteiger partial charge in [0.25, 0.3) is 0 Å². The molecule has 22 heavy (non-hydrogen) atoms. The molecule has 3 heterocycles. The molecule has 0 aliphatic carbocycles. The number of pyridine rings is 1. The van der Waals surface area contributed by atoms with Crippen molar-refractivity contribution in [2.45, 2.75) is 18.9 Å². The number of piperidine rings is 1. The first-order valence-electron chi connectivity index (χ1n) is 7.82. The van der Waals surface area contributed by atoms with E-state index in [4.69, 9.17) is 4.74 Å². The normalized spacial score (nSPS) is 20.0. The van der Waals surface area contributed by atoms with Gasteiger partial charge in [-0.2, -0.15) is 0 Å². The largest absolute Gasteiger partial charge is 0.446 e. The molecule has 1 amide bonds. The molecule has 2 saturated heterocycles. The Hall–Kier alpha value is -2.02. The maximum atomic E-state index is 12.1.